The molecular formula is C16H18FN. The number of nitrogen functional groups attached to an aromatic ring is 1. The van der Waals surface area contributed by atoms with Crippen LogP contribution in [0.4, 0.5) is 10.1 Å². The number of nitrogens with two attached hydrogens (primary N) is 1. The fourth-order valence-electron chi connectivity index (χ4n) is 2.17. The Balaban J connectivity index is 2.64. The smallest absolute Gasteiger partial charge is 0.124 e. The minimum atomic E-state index is -0.232. The maximum Gasteiger partial charge on any atom is 0.124 e. The third kappa shape index (κ3) is 2.37. The van der Waals surface area contributed by atoms with Gasteiger partial charge in [0.25, 0.3) is 0 Å². The Hall–Kier alpha value is -1.83. The molecule has 2 N–H and O–H groups in total. The van der Waals surface area contributed by atoms with Gasteiger partial charge in [-0.25, -0.2) is 4.39 Å². The summed E-state index contributed by atoms with van der Waals surface area (Å²) in [5.74, 6) is -0.0198. The number of aryl methyl sites for hydroxylation is 1. The highest BCUT2D eigenvalue weighted by molar-refractivity contribution is 5.79. The van der Waals surface area contributed by atoms with Crippen LogP contribution in [0.5, 0.6) is 0 Å². The largest absolute Gasteiger partial charge is 0.398 e. The standard InChI is InChI=1S/C16H18FN/c1-10(2)14-8-13(17)9-15(16(14)18)12-6-4-5-11(3)7-12/h4-10H,18H2,1-3H3. The number of rotatable bonds is 2. The van der Waals surface area contributed by atoms with Gasteiger partial charge in [0.1, 0.15) is 5.82 Å². The number of hydrogen-bond acceptors (Lipinski definition) is 1. The number of benzene rings is 2. The van der Waals surface area contributed by atoms with E-state index < -0.39 is 0 Å². The Morgan fingerprint density at radius 1 is 1.11 bits per heavy atom. The first kappa shape index (κ1) is 12.6. The van der Waals surface area contributed by atoms with Gasteiger partial charge in [0.05, 0.1) is 0 Å². The normalized spacial score (nSPS) is 10.9. The molecule has 0 radical (unpaired) electrons. The molecule has 0 saturated heterocycles. The third-order valence-corrected chi connectivity index (χ3v) is 3.13. The van der Waals surface area contributed by atoms with Gasteiger partial charge in [-0.2, -0.15) is 0 Å². The molecule has 2 aromatic carbocycles. The lowest BCUT2D eigenvalue weighted by atomic mass is 9.94. The highest BCUT2D eigenvalue weighted by atomic mass is 19.1. The average molecular weight is 243 g/mol. The zero-order valence-corrected chi connectivity index (χ0v) is 11.0. The minimum Gasteiger partial charge on any atom is -0.398 e. The van der Waals surface area contributed by atoms with E-state index in [0.29, 0.717) is 5.69 Å². The van der Waals surface area contributed by atoms with E-state index in [1.165, 1.54) is 12.1 Å². The Labute approximate surface area is 107 Å². The highest BCUT2D eigenvalue weighted by Gasteiger charge is 2.12. The maximum atomic E-state index is 13.7. The first-order chi connectivity index (χ1) is 8.49. The fraction of sp³-hybridized carbons (Fsp3) is 0.250. The van der Waals surface area contributed by atoms with E-state index in [0.717, 1.165) is 22.3 Å². The molecule has 18 heavy (non-hydrogen) atoms. The zero-order chi connectivity index (χ0) is 13.3. The molecule has 2 rings (SSSR count). The van der Waals surface area contributed by atoms with Crippen molar-refractivity contribution in [2.45, 2.75) is 26.7 Å². The van der Waals surface area contributed by atoms with Gasteiger partial charge >= 0.3 is 0 Å². The van der Waals surface area contributed by atoms with Crippen molar-refractivity contribution in [1.29, 1.82) is 0 Å². The molecule has 94 valence electrons. The van der Waals surface area contributed by atoms with Gasteiger partial charge in [0.2, 0.25) is 0 Å². The minimum absolute atomic E-state index is 0.212. The van der Waals surface area contributed by atoms with Gasteiger partial charge in [0.15, 0.2) is 0 Å². The van der Waals surface area contributed by atoms with Gasteiger partial charge in [-0.3, -0.25) is 0 Å². The predicted molar refractivity (Wildman–Crippen MR) is 75.1 cm³/mol. The van der Waals surface area contributed by atoms with Gasteiger partial charge in [-0.1, -0.05) is 43.7 Å². The molecule has 0 unspecified atom stereocenters. The van der Waals surface area contributed by atoms with Gasteiger partial charge in [-0.15, -0.1) is 0 Å². The van der Waals surface area contributed by atoms with Crippen LogP contribution in [0.2, 0.25) is 0 Å². The maximum absolute atomic E-state index is 13.7. The van der Waals surface area contributed by atoms with E-state index in [4.69, 9.17) is 5.73 Å². The first-order valence-electron chi connectivity index (χ1n) is 6.15. The van der Waals surface area contributed by atoms with Crippen LogP contribution in [0.3, 0.4) is 0 Å². The average Bonchev–Trinajstić information content (AvgIpc) is 2.31. The van der Waals surface area contributed by atoms with Crippen molar-refractivity contribution in [3.05, 3.63) is 53.3 Å². The third-order valence-electron chi connectivity index (χ3n) is 3.13. The molecule has 1 nitrogen and oxygen atoms in total. The summed E-state index contributed by atoms with van der Waals surface area (Å²) in [6, 6.07) is 11.0. The molecule has 2 heteroatoms. The molecule has 0 aliphatic heterocycles. The first-order valence-corrected chi connectivity index (χ1v) is 6.15. The fourth-order valence-corrected chi connectivity index (χ4v) is 2.17. The van der Waals surface area contributed by atoms with Crippen LogP contribution in [-0.4, -0.2) is 0 Å². The van der Waals surface area contributed by atoms with Gasteiger partial charge < -0.3 is 5.73 Å². The van der Waals surface area contributed by atoms with E-state index in [9.17, 15) is 4.39 Å². The van der Waals surface area contributed by atoms with E-state index in [1.54, 1.807) is 0 Å². The van der Waals surface area contributed by atoms with Crippen LogP contribution in [0, 0.1) is 12.7 Å². The summed E-state index contributed by atoms with van der Waals surface area (Å²) in [5.41, 5.74) is 10.6. The SMILES string of the molecule is Cc1cccc(-c2cc(F)cc(C(C)C)c2N)c1. The summed E-state index contributed by atoms with van der Waals surface area (Å²) in [6.45, 7) is 6.05. The quantitative estimate of drug-likeness (QED) is 0.772. The van der Waals surface area contributed by atoms with Crippen molar-refractivity contribution in [3.8, 4) is 11.1 Å². The Bertz CT molecular complexity index is 573. The van der Waals surface area contributed by atoms with E-state index in [2.05, 4.69) is 0 Å². The van der Waals surface area contributed by atoms with Crippen LogP contribution in [0.25, 0.3) is 11.1 Å². The van der Waals surface area contributed by atoms with E-state index in [-0.39, 0.29) is 11.7 Å². The lowest BCUT2D eigenvalue weighted by Crippen LogP contribution is -2.00. The molecule has 0 spiro atoms. The molecule has 0 aliphatic carbocycles. The van der Waals surface area contributed by atoms with Crippen LogP contribution < -0.4 is 5.73 Å². The molecule has 0 aliphatic rings. The lowest BCUT2D eigenvalue weighted by Gasteiger charge is -2.14. The number of anilines is 1. The van der Waals surface area contributed by atoms with Crippen molar-refractivity contribution in [1.82, 2.24) is 0 Å². The second-order valence-corrected chi connectivity index (χ2v) is 4.98. The van der Waals surface area contributed by atoms with Crippen molar-refractivity contribution < 1.29 is 4.39 Å². The monoisotopic (exact) mass is 243 g/mol. The lowest BCUT2D eigenvalue weighted by molar-refractivity contribution is 0.624. The molecule has 0 bridgehead atoms. The molecule has 0 amide bonds. The summed E-state index contributed by atoms with van der Waals surface area (Å²) in [4.78, 5) is 0. The van der Waals surface area contributed by atoms with Crippen molar-refractivity contribution in [2.75, 3.05) is 5.73 Å². The number of hydrogen-bond donors (Lipinski definition) is 1. The van der Waals surface area contributed by atoms with Crippen LogP contribution in [0.1, 0.15) is 30.9 Å². The molecule has 0 atom stereocenters. The summed E-state index contributed by atoms with van der Waals surface area (Å²) < 4.78 is 13.7. The van der Waals surface area contributed by atoms with Gasteiger partial charge in [-0.05, 0) is 36.1 Å². The van der Waals surface area contributed by atoms with E-state index >= 15 is 0 Å². The topological polar surface area (TPSA) is 26.0 Å². The second kappa shape index (κ2) is 4.81. The Kier molecular flexibility index (Phi) is 3.37. The summed E-state index contributed by atoms with van der Waals surface area (Å²) in [6.07, 6.45) is 0. The zero-order valence-electron chi connectivity index (χ0n) is 11.0. The van der Waals surface area contributed by atoms with Crippen LogP contribution in [-0.2, 0) is 0 Å². The molecule has 2 aromatic rings. The van der Waals surface area contributed by atoms with Gasteiger partial charge in [0, 0.05) is 11.3 Å². The Morgan fingerprint density at radius 2 is 1.83 bits per heavy atom. The molecule has 0 aromatic heterocycles. The molecule has 0 saturated carbocycles. The summed E-state index contributed by atoms with van der Waals surface area (Å²) >= 11 is 0. The van der Waals surface area contributed by atoms with Crippen molar-refractivity contribution in [3.63, 3.8) is 0 Å². The Morgan fingerprint density at radius 3 is 2.44 bits per heavy atom. The summed E-state index contributed by atoms with van der Waals surface area (Å²) in [7, 11) is 0. The molecular weight excluding hydrogens is 225 g/mol. The highest BCUT2D eigenvalue weighted by Crippen LogP contribution is 2.33. The molecule has 0 fully saturated rings. The van der Waals surface area contributed by atoms with Crippen LogP contribution >= 0.6 is 0 Å². The predicted octanol–water partition coefficient (Wildman–Crippen LogP) is 4.51. The van der Waals surface area contributed by atoms with Crippen molar-refractivity contribution in [2.24, 2.45) is 0 Å². The molecule has 0 heterocycles. The summed E-state index contributed by atoms with van der Waals surface area (Å²) in [5, 5.41) is 0. The van der Waals surface area contributed by atoms with Crippen molar-refractivity contribution >= 4 is 5.69 Å². The number of halogens is 1. The van der Waals surface area contributed by atoms with Crippen LogP contribution in [0.15, 0.2) is 36.4 Å². The second-order valence-electron chi connectivity index (χ2n) is 4.98. The van der Waals surface area contributed by atoms with E-state index in [1.807, 2.05) is 45.0 Å².